The first-order valence-corrected chi connectivity index (χ1v) is 17.3. The van der Waals surface area contributed by atoms with E-state index in [1.54, 1.807) is 0 Å². The molecule has 0 amide bonds. The fourth-order valence-electron chi connectivity index (χ4n) is 4.83. The Morgan fingerprint density at radius 2 is 2.11 bits per heavy atom. The van der Waals surface area contributed by atoms with Crippen molar-refractivity contribution in [3.63, 3.8) is 0 Å². The Hall–Kier alpha value is -2.43. The first-order chi connectivity index (χ1) is 17.3. The van der Waals surface area contributed by atoms with Crippen LogP contribution in [0.3, 0.4) is 0 Å². The molecule has 0 radical (unpaired) electrons. The van der Waals surface area contributed by atoms with Gasteiger partial charge in [0.05, 0.1) is 36.5 Å². The number of hydrogen-bond acceptors (Lipinski definition) is 6. The fourth-order valence-corrected chi connectivity index (χ4v) is 5.85. The molecule has 0 saturated heterocycles. The first-order valence-electron chi connectivity index (χ1n) is 12.4. The molecule has 1 fully saturated rings. The molecule has 1 aliphatic rings. The summed E-state index contributed by atoms with van der Waals surface area (Å²) in [4.78, 5) is 9.08. The predicted molar refractivity (Wildman–Crippen MR) is 142 cm³/mol. The predicted octanol–water partition coefficient (Wildman–Crippen LogP) is 4.48. The molecule has 194 valence electrons. The standard InChI is InChI=1S/C24H35N7O3SSi/c1-36(2,3)13-12-34-17-30-11-9-19-23(26-16-27-24(19)30)20-15-31(29-21(20)14-28-35(32)33)22(8-10-25)18-6-4-5-7-18/h9,11,15-16,18,22,28H,4-8,12-14,17H2,1-3H3,(H,32,33). The van der Waals surface area contributed by atoms with Gasteiger partial charge in [-0.25, -0.2) is 18.9 Å². The average molecular weight is 530 g/mol. The summed E-state index contributed by atoms with van der Waals surface area (Å²) in [6.07, 6.45) is 10.3. The minimum absolute atomic E-state index is 0.0358. The van der Waals surface area contributed by atoms with Crippen LogP contribution in [-0.4, -0.2) is 47.8 Å². The van der Waals surface area contributed by atoms with E-state index >= 15 is 0 Å². The first kappa shape index (κ1) is 26.6. The molecule has 12 heteroatoms. The SMILES string of the molecule is C[Si](C)(C)CCOCn1ccc2c(-c3cn(C(CC#N)C4CCCC4)nc3CNS(=O)O)ncnc21. The maximum atomic E-state index is 11.4. The lowest BCUT2D eigenvalue weighted by atomic mass is 9.96. The number of nitrogens with one attached hydrogen (secondary N) is 1. The molecule has 0 aromatic carbocycles. The van der Waals surface area contributed by atoms with Crippen LogP contribution < -0.4 is 4.72 Å². The molecule has 0 aliphatic heterocycles. The molecular formula is C24H35N7O3SSi. The van der Waals surface area contributed by atoms with E-state index in [-0.39, 0.29) is 12.6 Å². The Kier molecular flexibility index (Phi) is 8.69. The number of nitrogens with zero attached hydrogens (tertiary/aromatic N) is 6. The van der Waals surface area contributed by atoms with E-state index in [0.29, 0.717) is 30.5 Å². The summed E-state index contributed by atoms with van der Waals surface area (Å²) in [5.41, 5.74) is 2.83. The third-order valence-corrected chi connectivity index (χ3v) is 8.89. The van der Waals surface area contributed by atoms with Crippen molar-refractivity contribution in [3.8, 4) is 17.3 Å². The smallest absolute Gasteiger partial charge is 0.232 e. The van der Waals surface area contributed by atoms with Gasteiger partial charge in [-0.15, -0.1) is 0 Å². The summed E-state index contributed by atoms with van der Waals surface area (Å²) in [6.45, 7) is 8.21. The minimum atomic E-state index is -2.17. The van der Waals surface area contributed by atoms with Gasteiger partial charge >= 0.3 is 0 Å². The molecule has 2 unspecified atom stereocenters. The molecule has 1 saturated carbocycles. The Balaban J connectivity index is 1.66. The van der Waals surface area contributed by atoms with E-state index in [2.05, 4.69) is 40.4 Å². The Labute approximate surface area is 215 Å². The van der Waals surface area contributed by atoms with Crippen molar-refractivity contribution in [1.82, 2.24) is 29.0 Å². The van der Waals surface area contributed by atoms with Crippen LogP contribution in [0.5, 0.6) is 0 Å². The summed E-state index contributed by atoms with van der Waals surface area (Å²) in [7, 11) is -1.17. The molecule has 2 N–H and O–H groups in total. The highest BCUT2D eigenvalue weighted by Crippen LogP contribution is 2.37. The molecule has 0 spiro atoms. The van der Waals surface area contributed by atoms with Crippen molar-refractivity contribution in [2.45, 2.75) is 77.1 Å². The van der Waals surface area contributed by atoms with Crippen molar-refractivity contribution in [3.05, 3.63) is 30.5 Å². The van der Waals surface area contributed by atoms with Gasteiger partial charge in [-0.1, -0.05) is 32.5 Å². The van der Waals surface area contributed by atoms with Crippen LogP contribution in [0.4, 0.5) is 0 Å². The highest BCUT2D eigenvalue weighted by Gasteiger charge is 2.29. The quantitative estimate of drug-likeness (QED) is 0.201. The van der Waals surface area contributed by atoms with Crippen LogP contribution >= 0.6 is 0 Å². The van der Waals surface area contributed by atoms with Crippen LogP contribution in [0, 0.1) is 17.2 Å². The van der Waals surface area contributed by atoms with E-state index < -0.39 is 19.3 Å². The third-order valence-electron chi connectivity index (χ3n) is 6.79. The van der Waals surface area contributed by atoms with E-state index in [9.17, 15) is 14.0 Å². The summed E-state index contributed by atoms with van der Waals surface area (Å²) in [5, 5.41) is 15.1. The van der Waals surface area contributed by atoms with Gasteiger partial charge < -0.3 is 9.30 Å². The molecule has 3 heterocycles. The van der Waals surface area contributed by atoms with E-state index in [1.807, 2.05) is 27.7 Å². The fraction of sp³-hybridized carbons (Fsp3) is 0.583. The number of hydrogen-bond donors (Lipinski definition) is 2. The number of nitriles is 1. The molecule has 3 aromatic heterocycles. The summed E-state index contributed by atoms with van der Waals surface area (Å²) < 4.78 is 33.0. The highest BCUT2D eigenvalue weighted by molar-refractivity contribution is 7.77. The molecular weight excluding hydrogens is 494 g/mol. The van der Waals surface area contributed by atoms with Crippen LogP contribution in [0.2, 0.25) is 25.7 Å². The van der Waals surface area contributed by atoms with Crippen molar-refractivity contribution in [2.24, 2.45) is 5.92 Å². The molecule has 2 atom stereocenters. The van der Waals surface area contributed by atoms with Crippen LogP contribution in [0.25, 0.3) is 22.3 Å². The van der Waals surface area contributed by atoms with Crippen molar-refractivity contribution in [2.75, 3.05) is 6.61 Å². The second-order valence-corrected chi connectivity index (χ2v) is 17.0. The minimum Gasteiger partial charge on any atom is -0.361 e. The van der Waals surface area contributed by atoms with Crippen LogP contribution in [0.15, 0.2) is 24.8 Å². The summed E-state index contributed by atoms with van der Waals surface area (Å²) >= 11 is -2.17. The van der Waals surface area contributed by atoms with Gasteiger partial charge in [-0.2, -0.15) is 10.4 Å². The van der Waals surface area contributed by atoms with Crippen molar-refractivity contribution in [1.29, 1.82) is 5.26 Å². The monoisotopic (exact) mass is 529 g/mol. The molecule has 3 aromatic rings. The number of ether oxygens (including phenoxy) is 1. The lowest BCUT2D eigenvalue weighted by Gasteiger charge is -2.21. The lowest BCUT2D eigenvalue weighted by Crippen LogP contribution is -2.22. The normalized spacial score (nSPS) is 16.4. The molecule has 10 nitrogen and oxygen atoms in total. The van der Waals surface area contributed by atoms with Gasteiger partial charge in [0.1, 0.15) is 18.7 Å². The maximum Gasteiger partial charge on any atom is 0.232 e. The maximum absolute atomic E-state index is 11.4. The van der Waals surface area contributed by atoms with Gasteiger partial charge in [0.25, 0.3) is 0 Å². The summed E-state index contributed by atoms with van der Waals surface area (Å²) in [5.74, 6) is 0.394. The van der Waals surface area contributed by atoms with Crippen molar-refractivity contribution < 1.29 is 13.5 Å². The van der Waals surface area contributed by atoms with Gasteiger partial charge in [0.2, 0.25) is 11.3 Å². The molecule has 1 aliphatic carbocycles. The highest BCUT2D eigenvalue weighted by atomic mass is 32.2. The van der Waals surface area contributed by atoms with Gasteiger partial charge in [0.15, 0.2) is 0 Å². The zero-order valence-corrected chi connectivity index (χ0v) is 23.0. The van der Waals surface area contributed by atoms with E-state index in [0.717, 1.165) is 42.1 Å². The Bertz CT molecular complexity index is 1240. The van der Waals surface area contributed by atoms with Gasteiger partial charge in [-0.05, 0) is 30.9 Å². The topological polar surface area (TPSA) is 131 Å². The second kappa shape index (κ2) is 11.7. The van der Waals surface area contributed by atoms with Crippen molar-refractivity contribution >= 4 is 30.4 Å². The number of fused-ring (bicyclic) bond motifs is 1. The number of aromatic nitrogens is 5. The Morgan fingerprint density at radius 1 is 1.33 bits per heavy atom. The molecule has 36 heavy (non-hydrogen) atoms. The van der Waals surface area contributed by atoms with E-state index in [4.69, 9.17) is 9.84 Å². The van der Waals surface area contributed by atoms with Gasteiger partial charge in [0, 0.05) is 38.0 Å². The Morgan fingerprint density at radius 3 is 2.81 bits per heavy atom. The largest absolute Gasteiger partial charge is 0.361 e. The van der Waals surface area contributed by atoms with Gasteiger partial charge in [-0.3, -0.25) is 9.23 Å². The lowest BCUT2D eigenvalue weighted by molar-refractivity contribution is 0.0899. The number of rotatable bonds is 12. The zero-order valence-electron chi connectivity index (χ0n) is 21.2. The average Bonchev–Trinajstić information content (AvgIpc) is 3.58. The third kappa shape index (κ3) is 6.46. The van der Waals surface area contributed by atoms with Crippen LogP contribution in [0.1, 0.15) is 43.8 Å². The zero-order chi connectivity index (χ0) is 25.7. The molecule has 0 bridgehead atoms. The second-order valence-electron chi connectivity index (χ2n) is 10.6. The molecule has 4 rings (SSSR count). The van der Waals surface area contributed by atoms with E-state index in [1.165, 1.54) is 19.2 Å². The van der Waals surface area contributed by atoms with Crippen LogP contribution in [-0.2, 0) is 29.3 Å². The summed E-state index contributed by atoms with van der Waals surface area (Å²) in [6, 6.07) is 5.35.